The number of nitrogens with one attached hydrogen (secondary N) is 1. The molecule has 0 aliphatic heterocycles. The van der Waals surface area contributed by atoms with Crippen molar-refractivity contribution in [2.75, 3.05) is 6.54 Å². The summed E-state index contributed by atoms with van der Waals surface area (Å²) in [7, 11) is 0. The maximum atomic E-state index is 13.7. The van der Waals surface area contributed by atoms with Crippen LogP contribution in [0.1, 0.15) is 22.8 Å². The molecule has 0 aliphatic rings. The molecule has 0 aromatic heterocycles. The van der Waals surface area contributed by atoms with Gasteiger partial charge in [0.1, 0.15) is 28.9 Å². The highest BCUT2D eigenvalue weighted by Gasteiger charge is 2.28. The van der Waals surface area contributed by atoms with E-state index >= 15 is 0 Å². The highest BCUT2D eigenvalue weighted by Crippen LogP contribution is 2.23. The number of carbonyl (C=O) groups excluding carboxylic acids is 1. The zero-order chi connectivity index (χ0) is 17.2. The van der Waals surface area contributed by atoms with Crippen LogP contribution in [0.15, 0.2) is 36.4 Å². The van der Waals surface area contributed by atoms with Crippen LogP contribution in [0.5, 0.6) is 0 Å². The second-order valence-corrected chi connectivity index (χ2v) is 5.20. The number of benzene rings is 2. The van der Waals surface area contributed by atoms with Crippen molar-refractivity contribution < 1.29 is 27.5 Å². The summed E-state index contributed by atoms with van der Waals surface area (Å²) in [4.78, 5) is 11.9. The van der Waals surface area contributed by atoms with Crippen LogP contribution in [0.2, 0.25) is 0 Å². The number of aliphatic hydroxyl groups is 1. The van der Waals surface area contributed by atoms with Crippen molar-refractivity contribution in [3.63, 3.8) is 0 Å². The topological polar surface area (TPSA) is 49.3 Å². The summed E-state index contributed by atoms with van der Waals surface area (Å²) in [6.45, 7) is 0.760. The fraction of sp³-hybridized carbons (Fsp3) is 0.188. The third-order valence-corrected chi connectivity index (χ3v) is 3.28. The van der Waals surface area contributed by atoms with Gasteiger partial charge >= 0.3 is 0 Å². The predicted molar refractivity (Wildman–Crippen MR) is 74.6 cm³/mol. The summed E-state index contributed by atoms with van der Waals surface area (Å²) in [6.07, 6.45) is 0. The minimum Gasteiger partial charge on any atom is -0.383 e. The van der Waals surface area contributed by atoms with Crippen molar-refractivity contribution in [1.29, 1.82) is 0 Å². The average Bonchev–Trinajstić information content (AvgIpc) is 2.44. The third kappa shape index (κ3) is 3.87. The van der Waals surface area contributed by atoms with E-state index in [1.54, 1.807) is 0 Å². The van der Waals surface area contributed by atoms with E-state index in [9.17, 15) is 27.5 Å². The second-order valence-electron chi connectivity index (χ2n) is 5.20. The first-order valence-electron chi connectivity index (χ1n) is 6.62. The second kappa shape index (κ2) is 6.37. The minimum atomic E-state index is -1.84. The largest absolute Gasteiger partial charge is 0.383 e. The summed E-state index contributed by atoms with van der Waals surface area (Å²) in [5.74, 6) is -4.57. The molecule has 3 nitrogen and oxygen atoms in total. The van der Waals surface area contributed by atoms with Gasteiger partial charge in [-0.2, -0.15) is 0 Å². The fourth-order valence-corrected chi connectivity index (χ4v) is 2.04. The molecule has 1 amide bonds. The molecule has 1 unspecified atom stereocenters. The van der Waals surface area contributed by atoms with E-state index in [0.717, 1.165) is 24.3 Å². The molecular formula is C16H13F4NO2. The molecule has 2 aromatic rings. The smallest absolute Gasteiger partial charge is 0.254 e. The molecule has 2 N–H and O–H groups in total. The summed E-state index contributed by atoms with van der Waals surface area (Å²) < 4.78 is 52.9. The Balaban J connectivity index is 2.13. The first-order valence-corrected chi connectivity index (χ1v) is 6.62. The van der Waals surface area contributed by atoms with Crippen LogP contribution in [-0.4, -0.2) is 17.6 Å². The van der Waals surface area contributed by atoms with Crippen molar-refractivity contribution in [2.45, 2.75) is 12.5 Å². The summed E-state index contributed by atoms with van der Waals surface area (Å²) in [5.41, 5.74) is -2.48. The van der Waals surface area contributed by atoms with E-state index in [1.807, 2.05) is 0 Å². The van der Waals surface area contributed by atoms with Crippen molar-refractivity contribution in [2.24, 2.45) is 0 Å². The Bertz CT molecular complexity index is 747. The van der Waals surface area contributed by atoms with Crippen LogP contribution in [0.25, 0.3) is 0 Å². The van der Waals surface area contributed by atoms with Crippen LogP contribution in [0, 0.1) is 23.3 Å². The number of halogens is 4. The lowest BCUT2D eigenvalue weighted by atomic mass is 9.95. The molecule has 0 bridgehead atoms. The van der Waals surface area contributed by atoms with Gasteiger partial charge in [-0.3, -0.25) is 4.79 Å². The van der Waals surface area contributed by atoms with E-state index in [4.69, 9.17) is 0 Å². The van der Waals surface area contributed by atoms with E-state index in [2.05, 4.69) is 5.32 Å². The first-order chi connectivity index (χ1) is 10.7. The quantitative estimate of drug-likeness (QED) is 0.849. The maximum Gasteiger partial charge on any atom is 0.254 e. The maximum absolute atomic E-state index is 13.7. The summed E-state index contributed by atoms with van der Waals surface area (Å²) in [5, 5.41) is 12.5. The Morgan fingerprint density at radius 2 is 1.61 bits per heavy atom. The van der Waals surface area contributed by atoms with Gasteiger partial charge in [0.25, 0.3) is 5.91 Å². The molecule has 0 saturated carbocycles. The molecule has 2 rings (SSSR count). The third-order valence-electron chi connectivity index (χ3n) is 3.28. The molecule has 0 radical (unpaired) electrons. The van der Waals surface area contributed by atoms with Crippen LogP contribution < -0.4 is 5.32 Å². The Labute approximate surface area is 129 Å². The Kier molecular flexibility index (Phi) is 4.70. The highest BCUT2D eigenvalue weighted by atomic mass is 19.1. The zero-order valence-electron chi connectivity index (χ0n) is 12.0. The van der Waals surface area contributed by atoms with Gasteiger partial charge in [0.15, 0.2) is 0 Å². The molecule has 0 fully saturated rings. The monoisotopic (exact) mass is 327 g/mol. The standard InChI is InChI=1S/C16H13F4NO2/c1-16(23,12-5-3-10(18)7-14(12)20)8-21-15(22)11-4-2-9(17)6-13(11)19/h2-7,23H,8H2,1H3,(H,21,22). The van der Waals surface area contributed by atoms with E-state index in [-0.39, 0.29) is 5.56 Å². The van der Waals surface area contributed by atoms with Gasteiger partial charge in [0, 0.05) is 17.7 Å². The van der Waals surface area contributed by atoms with E-state index in [0.29, 0.717) is 12.1 Å². The van der Waals surface area contributed by atoms with E-state index in [1.165, 1.54) is 6.92 Å². The first kappa shape index (κ1) is 17.0. The minimum absolute atomic E-state index is 0.223. The summed E-state index contributed by atoms with van der Waals surface area (Å²) >= 11 is 0. The molecule has 7 heteroatoms. The van der Waals surface area contributed by atoms with Crippen LogP contribution in [0.3, 0.4) is 0 Å². The van der Waals surface area contributed by atoms with Gasteiger partial charge in [-0.25, -0.2) is 17.6 Å². The lowest BCUT2D eigenvalue weighted by Crippen LogP contribution is -2.39. The molecule has 2 aromatic carbocycles. The molecular weight excluding hydrogens is 314 g/mol. The number of rotatable bonds is 4. The predicted octanol–water partition coefficient (Wildman–Crippen LogP) is 2.88. The van der Waals surface area contributed by atoms with Gasteiger partial charge < -0.3 is 10.4 Å². The van der Waals surface area contributed by atoms with Gasteiger partial charge in [-0.05, 0) is 25.1 Å². The van der Waals surface area contributed by atoms with E-state index < -0.39 is 46.9 Å². The number of hydrogen-bond donors (Lipinski definition) is 2. The number of hydrogen-bond acceptors (Lipinski definition) is 2. The van der Waals surface area contributed by atoms with Gasteiger partial charge in [-0.1, -0.05) is 6.07 Å². The van der Waals surface area contributed by atoms with Crippen LogP contribution >= 0.6 is 0 Å². The van der Waals surface area contributed by atoms with Gasteiger partial charge in [-0.15, -0.1) is 0 Å². The lowest BCUT2D eigenvalue weighted by Gasteiger charge is -2.24. The molecule has 0 saturated heterocycles. The Hall–Kier alpha value is -2.41. The molecule has 23 heavy (non-hydrogen) atoms. The molecule has 0 aliphatic carbocycles. The normalized spacial score (nSPS) is 13.5. The van der Waals surface area contributed by atoms with Crippen molar-refractivity contribution in [3.8, 4) is 0 Å². The van der Waals surface area contributed by atoms with Crippen molar-refractivity contribution >= 4 is 5.91 Å². The highest BCUT2D eigenvalue weighted by molar-refractivity contribution is 5.94. The van der Waals surface area contributed by atoms with Gasteiger partial charge in [0.05, 0.1) is 12.1 Å². The zero-order valence-corrected chi connectivity index (χ0v) is 12.0. The molecule has 0 heterocycles. The summed E-state index contributed by atoms with van der Waals surface area (Å²) in [6, 6.07) is 5.03. The fourth-order valence-electron chi connectivity index (χ4n) is 2.04. The molecule has 1 atom stereocenters. The van der Waals surface area contributed by atoms with Crippen molar-refractivity contribution in [3.05, 3.63) is 70.8 Å². The Morgan fingerprint density at radius 1 is 1.04 bits per heavy atom. The molecule has 0 spiro atoms. The number of carbonyl (C=O) groups is 1. The van der Waals surface area contributed by atoms with Crippen molar-refractivity contribution in [1.82, 2.24) is 5.32 Å². The molecule has 122 valence electrons. The van der Waals surface area contributed by atoms with Gasteiger partial charge in [0.2, 0.25) is 0 Å². The Morgan fingerprint density at radius 3 is 2.17 bits per heavy atom. The average molecular weight is 327 g/mol. The van der Waals surface area contributed by atoms with Crippen LogP contribution in [-0.2, 0) is 5.60 Å². The van der Waals surface area contributed by atoms with Crippen LogP contribution in [0.4, 0.5) is 17.6 Å². The lowest BCUT2D eigenvalue weighted by molar-refractivity contribution is 0.0493. The SMILES string of the molecule is CC(O)(CNC(=O)c1ccc(F)cc1F)c1ccc(F)cc1F. The number of amides is 1.